The van der Waals surface area contributed by atoms with Crippen LogP contribution in [0, 0.1) is 11.3 Å². The van der Waals surface area contributed by atoms with Gasteiger partial charge >= 0.3 is 23.9 Å². The molecule has 3 aliphatic heterocycles. The van der Waals surface area contributed by atoms with E-state index in [4.69, 9.17) is 28.4 Å². The molecule has 0 bridgehead atoms. The Hall–Kier alpha value is -2.46. The van der Waals surface area contributed by atoms with Gasteiger partial charge < -0.3 is 28.4 Å². The van der Waals surface area contributed by atoms with Gasteiger partial charge in [0, 0.05) is 26.7 Å². The molecular formula is C26H34O10. The lowest BCUT2D eigenvalue weighted by Gasteiger charge is -2.55. The number of esters is 4. The standard InChI is InChI=1S/C26H34O10/c1-13-7-8-17(32-14(2)27)23(5)18(33-15(3)28)9-10-25(12-31-25)20(23)21(34-16(4)29)26-19(11-13)35-22(30)24(26,6)36-26/h11,17-21H,7-10,12H2,1-6H3/b13-11-/t17-,18-,19?,20+,21-,23-,24+,25-,26-/m0/s1. The lowest BCUT2D eigenvalue weighted by Crippen LogP contribution is -2.66. The largest absolute Gasteiger partial charge is 0.462 e. The fourth-order valence-electron chi connectivity index (χ4n) is 7.21. The van der Waals surface area contributed by atoms with E-state index in [2.05, 4.69) is 0 Å². The molecule has 10 heteroatoms. The molecule has 1 unspecified atom stereocenters. The lowest BCUT2D eigenvalue weighted by atomic mass is 9.53. The van der Waals surface area contributed by atoms with Crippen LogP contribution in [-0.2, 0) is 47.6 Å². The highest BCUT2D eigenvalue weighted by Gasteiger charge is 2.88. The maximum atomic E-state index is 13.0. The maximum Gasteiger partial charge on any atom is 0.342 e. The second kappa shape index (κ2) is 8.02. The zero-order valence-electron chi connectivity index (χ0n) is 21.6. The van der Waals surface area contributed by atoms with Gasteiger partial charge in [-0.1, -0.05) is 12.5 Å². The monoisotopic (exact) mass is 506 g/mol. The number of rotatable bonds is 3. The van der Waals surface area contributed by atoms with Crippen LogP contribution in [0.3, 0.4) is 0 Å². The molecule has 3 heterocycles. The van der Waals surface area contributed by atoms with Crippen molar-refractivity contribution in [2.45, 2.75) is 108 Å². The fraction of sp³-hybridized carbons (Fsp3) is 0.769. The quantitative estimate of drug-likeness (QED) is 0.243. The van der Waals surface area contributed by atoms with E-state index in [0.29, 0.717) is 32.3 Å². The fourth-order valence-corrected chi connectivity index (χ4v) is 7.21. The van der Waals surface area contributed by atoms with Gasteiger partial charge in [-0.05, 0) is 45.6 Å². The number of hydrogen-bond acceptors (Lipinski definition) is 10. The highest BCUT2D eigenvalue weighted by molar-refractivity contribution is 5.89. The molecule has 198 valence electrons. The molecule has 2 aliphatic carbocycles. The molecule has 1 saturated carbocycles. The number of carbonyl (C=O) groups excluding carboxylic acids is 4. The molecule has 0 radical (unpaired) electrons. The van der Waals surface area contributed by atoms with Gasteiger partial charge in [-0.3, -0.25) is 14.4 Å². The summed E-state index contributed by atoms with van der Waals surface area (Å²) in [6.45, 7) is 9.84. The van der Waals surface area contributed by atoms with Crippen LogP contribution in [-0.4, -0.2) is 71.7 Å². The summed E-state index contributed by atoms with van der Waals surface area (Å²) in [5.74, 6) is -2.64. The molecule has 10 nitrogen and oxygen atoms in total. The molecule has 0 aromatic rings. The smallest absolute Gasteiger partial charge is 0.342 e. The van der Waals surface area contributed by atoms with E-state index in [0.717, 1.165) is 5.57 Å². The summed E-state index contributed by atoms with van der Waals surface area (Å²) < 4.78 is 35.9. The Labute approximate surface area is 209 Å². The Bertz CT molecular complexity index is 1050. The Morgan fingerprint density at radius 2 is 1.56 bits per heavy atom. The van der Waals surface area contributed by atoms with Gasteiger partial charge in [0.1, 0.15) is 18.3 Å². The van der Waals surface area contributed by atoms with Crippen molar-refractivity contribution in [2.24, 2.45) is 11.3 Å². The van der Waals surface area contributed by atoms with Crippen molar-refractivity contribution < 1.29 is 47.6 Å². The number of allylic oxidation sites excluding steroid dienone is 1. The molecular weight excluding hydrogens is 472 g/mol. The summed E-state index contributed by atoms with van der Waals surface area (Å²) in [5.41, 5.74) is -3.46. The van der Waals surface area contributed by atoms with E-state index in [-0.39, 0.29) is 0 Å². The third kappa shape index (κ3) is 3.44. The number of ether oxygens (including phenoxy) is 6. The van der Waals surface area contributed by atoms with Crippen LogP contribution >= 0.6 is 0 Å². The van der Waals surface area contributed by atoms with Crippen molar-refractivity contribution in [3.8, 4) is 0 Å². The van der Waals surface area contributed by atoms with Crippen molar-refractivity contribution in [2.75, 3.05) is 6.61 Å². The van der Waals surface area contributed by atoms with Crippen LogP contribution in [0.5, 0.6) is 0 Å². The first-order chi connectivity index (χ1) is 16.8. The number of epoxide rings is 2. The Kier molecular flexibility index (Phi) is 5.61. The summed E-state index contributed by atoms with van der Waals surface area (Å²) in [5, 5.41) is 0. The van der Waals surface area contributed by atoms with E-state index in [1.807, 2.05) is 19.9 Å². The maximum absolute atomic E-state index is 13.0. The van der Waals surface area contributed by atoms with Crippen LogP contribution in [0.1, 0.15) is 67.2 Å². The molecule has 0 aromatic carbocycles. The Morgan fingerprint density at radius 3 is 2.08 bits per heavy atom. The van der Waals surface area contributed by atoms with Crippen LogP contribution in [0.2, 0.25) is 0 Å². The zero-order valence-corrected chi connectivity index (χ0v) is 21.6. The summed E-state index contributed by atoms with van der Waals surface area (Å²) in [7, 11) is 0. The summed E-state index contributed by atoms with van der Waals surface area (Å²) in [6, 6.07) is 0. The summed E-state index contributed by atoms with van der Waals surface area (Å²) in [4.78, 5) is 50.1. The van der Waals surface area contributed by atoms with Gasteiger partial charge in [-0.2, -0.15) is 0 Å². The first-order valence-electron chi connectivity index (χ1n) is 12.5. The average Bonchev–Trinajstić information content (AvgIpc) is 3.65. The van der Waals surface area contributed by atoms with Crippen molar-refractivity contribution in [3.05, 3.63) is 11.6 Å². The number of hydrogen-bond donors (Lipinski definition) is 0. The summed E-state index contributed by atoms with van der Waals surface area (Å²) >= 11 is 0. The molecule has 0 N–H and O–H groups in total. The van der Waals surface area contributed by atoms with Gasteiger partial charge in [0.05, 0.1) is 17.6 Å². The van der Waals surface area contributed by atoms with Crippen molar-refractivity contribution >= 4 is 23.9 Å². The van der Waals surface area contributed by atoms with Gasteiger partial charge in [-0.15, -0.1) is 0 Å². The van der Waals surface area contributed by atoms with E-state index < -0.39 is 76.4 Å². The highest BCUT2D eigenvalue weighted by atomic mass is 16.7. The number of fused-ring (bicyclic) bond motifs is 2. The molecule has 5 aliphatic rings. The minimum atomic E-state index is -1.32. The molecule has 3 saturated heterocycles. The summed E-state index contributed by atoms with van der Waals surface area (Å²) in [6.07, 6.45) is 0.712. The van der Waals surface area contributed by atoms with Crippen molar-refractivity contribution in [1.29, 1.82) is 0 Å². The van der Waals surface area contributed by atoms with Crippen molar-refractivity contribution in [3.63, 3.8) is 0 Å². The van der Waals surface area contributed by atoms with Gasteiger partial charge in [0.25, 0.3) is 0 Å². The molecule has 36 heavy (non-hydrogen) atoms. The van der Waals surface area contributed by atoms with E-state index >= 15 is 0 Å². The zero-order chi connectivity index (χ0) is 26.3. The number of carbonyl (C=O) groups is 4. The lowest BCUT2D eigenvalue weighted by molar-refractivity contribution is -0.221. The Morgan fingerprint density at radius 1 is 0.972 bits per heavy atom. The average molecular weight is 507 g/mol. The molecule has 0 amide bonds. The first-order valence-corrected chi connectivity index (χ1v) is 12.5. The van der Waals surface area contributed by atoms with Gasteiger partial charge in [0.15, 0.2) is 17.3 Å². The van der Waals surface area contributed by atoms with Crippen LogP contribution in [0.4, 0.5) is 0 Å². The minimum absolute atomic E-state index is 0.395. The van der Waals surface area contributed by atoms with Crippen LogP contribution in [0.25, 0.3) is 0 Å². The van der Waals surface area contributed by atoms with Crippen LogP contribution in [0.15, 0.2) is 11.6 Å². The predicted molar refractivity (Wildman–Crippen MR) is 121 cm³/mol. The van der Waals surface area contributed by atoms with Crippen molar-refractivity contribution in [1.82, 2.24) is 0 Å². The molecule has 0 aromatic heterocycles. The SMILES string of the molecule is CC(=O)O[C@H]1CC/C(C)=C\C2OC(=O)[C@@]3(C)O[C@]23[C@@H](OC(C)=O)[C@H]2[C@]3(CC[C@H](OC(C)=O)[C@]12C)CO3. The molecule has 2 spiro atoms. The molecule has 5 rings (SSSR count). The second-order valence-corrected chi connectivity index (χ2v) is 11.3. The van der Waals surface area contributed by atoms with Crippen LogP contribution < -0.4 is 0 Å². The topological polar surface area (TPSA) is 130 Å². The first kappa shape index (κ1) is 25.2. The van der Waals surface area contributed by atoms with Gasteiger partial charge in [-0.25, -0.2) is 4.79 Å². The van der Waals surface area contributed by atoms with E-state index in [9.17, 15) is 19.2 Å². The third-order valence-electron chi connectivity index (χ3n) is 8.96. The predicted octanol–water partition coefficient (Wildman–Crippen LogP) is 2.16. The van der Waals surface area contributed by atoms with Gasteiger partial charge in [0.2, 0.25) is 0 Å². The van der Waals surface area contributed by atoms with E-state index in [1.54, 1.807) is 6.92 Å². The molecule has 4 fully saturated rings. The minimum Gasteiger partial charge on any atom is -0.462 e. The molecule has 9 atom stereocenters. The normalized spacial score (nSPS) is 48.2. The third-order valence-corrected chi connectivity index (χ3v) is 8.96. The highest BCUT2D eigenvalue weighted by Crippen LogP contribution is 2.68. The Balaban J connectivity index is 1.75. The second-order valence-electron chi connectivity index (χ2n) is 11.3. The van der Waals surface area contributed by atoms with E-state index in [1.165, 1.54) is 20.8 Å².